The number of rotatable bonds is 1. The van der Waals surface area contributed by atoms with Crippen LogP contribution < -0.4 is 0 Å². The molecule has 0 radical (unpaired) electrons. The van der Waals surface area contributed by atoms with Gasteiger partial charge in [0, 0.05) is 29.5 Å². The average Bonchev–Trinajstić information content (AvgIpc) is 2.79. The first-order chi connectivity index (χ1) is 7.84. The fourth-order valence-corrected chi connectivity index (χ4v) is 2.90. The van der Waals surface area contributed by atoms with Crippen molar-refractivity contribution >= 4 is 23.4 Å². The fourth-order valence-electron chi connectivity index (χ4n) is 1.53. The van der Waals surface area contributed by atoms with E-state index >= 15 is 0 Å². The highest BCUT2D eigenvalue weighted by atomic mass is 35.5. The number of halogens is 1. The van der Waals surface area contributed by atoms with Gasteiger partial charge in [-0.25, -0.2) is 19.9 Å². The molecule has 0 spiro atoms. The fraction of sp³-hybridized carbons (Fsp3) is 0.200. The maximum Gasteiger partial charge on any atom is 0.199 e. The lowest BCUT2D eigenvalue weighted by Gasteiger charge is -2.03. The minimum absolute atomic E-state index is 0.506. The molecular formula is C10H7ClN4S. The number of nitrogens with zero attached hydrogens (tertiary/aromatic N) is 4. The first-order valence-electron chi connectivity index (χ1n) is 4.75. The Morgan fingerprint density at radius 2 is 1.88 bits per heavy atom. The molecule has 0 aliphatic carbocycles. The van der Waals surface area contributed by atoms with Crippen LogP contribution in [-0.2, 0) is 11.5 Å². The molecule has 4 nitrogen and oxygen atoms in total. The van der Waals surface area contributed by atoms with E-state index in [9.17, 15) is 0 Å². The van der Waals surface area contributed by atoms with E-state index < -0.39 is 0 Å². The molecule has 3 heterocycles. The number of fused-ring (bicyclic) bond motifs is 1. The highest BCUT2D eigenvalue weighted by Crippen LogP contribution is 2.33. The second-order valence-corrected chi connectivity index (χ2v) is 4.67. The van der Waals surface area contributed by atoms with Gasteiger partial charge in [0.15, 0.2) is 11.6 Å². The summed E-state index contributed by atoms with van der Waals surface area (Å²) in [5.74, 6) is 2.80. The van der Waals surface area contributed by atoms with Crippen LogP contribution in [-0.4, -0.2) is 19.9 Å². The van der Waals surface area contributed by atoms with Crippen LogP contribution in [0.2, 0.25) is 5.15 Å². The van der Waals surface area contributed by atoms with E-state index in [0.717, 1.165) is 22.8 Å². The predicted octanol–water partition coefficient (Wildman–Crippen LogP) is 2.33. The van der Waals surface area contributed by atoms with Crippen LogP contribution in [0, 0.1) is 0 Å². The van der Waals surface area contributed by atoms with E-state index in [1.807, 2.05) is 0 Å². The Labute approximate surface area is 102 Å². The lowest BCUT2D eigenvalue weighted by atomic mass is 10.3. The normalized spacial score (nSPS) is 13.8. The summed E-state index contributed by atoms with van der Waals surface area (Å²) in [6, 6.07) is 1.76. The Balaban J connectivity index is 2.13. The van der Waals surface area contributed by atoms with Crippen molar-refractivity contribution in [3.8, 4) is 11.6 Å². The number of thioether (sulfide) groups is 1. The molecule has 80 valence electrons. The summed E-state index contributed by atoms with van der Waals surface area (Å²) in [5.41, 5.74) is 2.05. The van der Waals surface area contributed by atoms with Gasteiger partial charge in [-0.15, -0.1) is 0 Å². The van der Waals surface area contributed by atoms with Gasteiger partial charge in [0.05, 0.1) is 5.69 Å². The van der Waals surface area contributed by atoms with E-state index in [2.05, 4.69) is 19.9 Å². The van der Waals surface area contributed by atoms with Crippen molar-refractivity contribution < 1.29 is 0 Å². The maximum absolute atomic E-state index is 6.10. The van der Waals surface area contributed by atoms with Crippen LogP contribution in [0.25, 0.3) is 11.6 Å². The van der Waals surface area contributed by atoms with Crippen LogP contribution >= 0.6 is 23.4 Å². The first-order valence-corrected chi connectivity index (χ1v) is 6.28. The number of hydrogen-bond donors (Lipinski definition) is 0. The zero-order valence-electron chi connectivity index (χ0n) is 8.22. The predicted molar refractivity (Wildman–Crippen MR) is 63.1 cm³/mol. The number of aromatic nitrogens is 4. The molecule has 0 atom stereocenters. The van der Waals surface area contributed by atoms with E-state index in [4.69, 9.17) is 11.6 Å². The van der Waals surface area contributed by atoms with Crippen molar-refractivity contribution in [1.29, 1.82) is 0 Å². The third-order valence-electron chi connectivity index (χ3n) is 2.29. The summed E-state index contributed by atoms with van der Waals surface area (Å²) in [6.07, 6.45) is 3.34. The Bertz CT molecular complexity index is 532. The molecule has 2 aromatic heterocycles. The Morgan fingerprint density at radius 1 is 1.06 bits per heavy atom. The standard InChI is InChI=1S/C10H7ClN4S/c11-8-6-4-16-5-7(6)14-10(15-8)9-12-2-1-3-13-9/h1-3H,4-5H2. The molecule has 0 saturated carbocycles. The SMILES string of the molecule is Clc1nc(-c2ncccn2)nc2c1CSC2. The number of hydrogen-bond acceptors (Lipinski definition) is 5. The second-order valence-electron chi connectivity index (χ2n) is 3.33. The molecule has 0 bridgehead atoms. The Kier molecular flexibility index (Phi) is 2.49. The third kappa shape index (κ3) is 1.66. The zero-order chi connectivity index (χ0) is 11.0. The zero-order valence-corrected chi connectivity index (χ0v) is 9.79. The van der Waals surface area contributed by atoms with Gasteiger partial charge in [0.25, 0.3) is 0 Å². The molecule has 0 amide bonds. The summed E-state index contributed by atoms with van der Waals surface area (Å²) < 4.78 is 0. The van der Waals surface area contributed by atoms with Crippen LogP contribution in [0.5, 0.6) is 0 Å². The summed E-state index contributed by atoms with van der Waals surface area (Å²) in [7, 11) is 0. The molecular weight excluding hydrogens is 244 g/mol. The lowest BCUT2D eigenvalue weighted by molar-refractivity contribution is 1.03. The third-order valence-corrected chi connectivity index (χ3v) is 3.58. The summed E-state index contributed by atoms with van der Waals surface area (Å²) >= 11 is 7.90. The first kappa shape index (κ1) is 9.99. The van der Waals surface area contributed by atoms with Gasteiger partial charge in [-0.05, 0) is 6.07 Å². The summed E-state index contributed by atoms with van der Waals surface area (Å²) in [4.78, 5) is 16.9. The van der Waals surface area contributed by atoms with Gasteiger partial charge in [0.1, 0.15) is 5.15 Å². The van der Waals surface area contributed by atoms with Crippen LogP contribution in [0.3, 0.4) is 0 Å². The van der Waals surface area contributed by atoms with Crippen LogP contribution in [0.1, 0.15) is 11.3 Å². The highest BCUT2D eigenvalue weighted by Gasteiger charge is 2.19. The van der Waals surface area contributed by atoms with Crippen molar-refractivity contribution in [3.05, 3.63) is 34.9 Å². The molecule has 0 fully saturated rings. The van der Waals surface area contributed by atoms with Crippen LogP contribution in [0.4, 0.5) is 0 Å². The van der Waals surface area contributed by atoms with Crippen molar-refractivity contribution in [2.45, 2.75) is 11.5 Å². The van der Waals surface area contributed by atoms with Crippen molar-refractivity contribution in [2.24, 2.45) is 0 Å². The van der Waals surface area contributed by atoms with Gasteiger partial charge in [-0.1, -0.05) is 11.6 Å². The van der Waals surface area contributed by atoms with Crippen molar-refractivity contribution in [2.75, 3.05) is 0 Å². The van der Waals surface area contributed by atoms with E-state index in [1.165, 1.54) is 0 Å². The molecule has 6 heteroatoms. The molecule has 0 N–H and O–H groups in total. The van der Waals surface area contributed by atoms with Gasteiger partial charge in [-0.2, -0.15) is 11.8 Å². The summed E-state index contributed by atoms with van der Waals surface area (Å²) in [6.45, 7) is 0. The average molecular weight is 251 g/mol. The lowest BCUT2D eigenvalue weighted by Crippen LogP contribution is -1.99. The molecule has 1 aliphatic heterocycles. The largest absolute Gasteiger partial charge is 0.234 e. The van der Waals surface area contributed by atoms with E-state index in [0.29, 0.717) is 16.8 Å². The molecule has 0 saturated heterocycles. The van der Waals surface area contributed by atoms with Gasteiger partial charge < -0.3 is 0 Å². The van der Waals surface area contributed by atoms with Gasteiger partial charge >= 0.3 is 0 Å². The van der Waals surface area contributed by atoms with E-state index in [1.54, 1.807) is 30.2 Å². The molecule has 3 rings (SSSR count). The molecule has 16 heavy (non-hydrogen) atoms. The highest BCUT2D eigenvalue weighted by molar-refractivity contribution is 7.98. The van der Waals surface area contributed by atoms with Crippen molar-refractivity contribution in [3.63, 3.8) is 0 Å². The minimum atomic E-state index is 0.506. The molecule has 1 aliphatic rings. The minimum Gasteiger partial charge on any atom is -0.234 e. The molecule has 0 aromatic carbocycles. The monoisotopic (exact) mass is 250 g/mol. The van der Waals surface area contributed by atoms with Crippen molar-refractivity contribution in [1.82, 2.24) is 19.9 Å². The topological polar surface area (TPSA) is 51.6 Å². The maximum atomic E-state index is 6.10. The van der Waals surface area contributed by atoms with Crippen LogP contribution in [0.15, 0.2) is 18.5 Å². The second kappa shape index (κ2) is 3.99. The molecule has 0 unspecified atom stereocenters. The Hall–Kier alpha value is -1.20. The van der Waals surface area contributed by atoms with Gasteiger partial charge in [0.2, 0.25) is 0 Å². The smallest absolute Gasteiger partial charge is 0.199 e. The van der Waals surface area contributed by atoms with Gasteiger partial charge in [-0.3, -0.25) is 0 Å². The summed E-state index contributed by atoms with van der Waals surface area (Å²) in [5, 5.41) is 0.525. The van der Waals surface area contributed by atoms with E-state index in [-0.39, 0.29) is 0 Å². The Morgan fingerprint density at radius 3 is 2.69 bits per heavy atom. The molecule has 2 aromatic rings. The quantitative estimate of drug-likeness (QED) is 0.727.